The van der Waals surface area contributed by atoms with Gasteiger partial charge in [-0.2, -0.15) is 4.98 Å². The molecule has 7 rings (SSSR count). The number of H-pyrrole nitrogens is 1. The number of carbonyl (C=O) groups excluding carboxylic acids is 1. The largest absolute Gasteiger partial charge is 0.374 e. The van der Waals surface area contributed by atoms with Crippen LogP contribution >= 0.6 is 0 Å². The predicted octanol–water partition coefficient (Wildman–Crippen LogP) is 6.97. The Morgan fingerprint density at radius 2 is 1.29 bits per heavy atom. The maximum absolute atomic E-state index is 13.7. The Kier molecular flexibility index (Phi) is 13.1. The van der Waals surface area contributed by atoms with E-state index < -0.39 is 36.2 Å². The number of nitrogens with one attached hydrogen (secondary N) is 2. The highest BCUT2D eigenvalue weighted by Crippen LogP contribution is 2.35. The van der Waals surface area contributed by atoms with Gasteiger partial charge in [-0.1, -0.05) is 135 Å². The number of imidazole rings is 1. The summed E-state index contributed by atoms with van der Waals surface area (Å²) in [5, 5.41) is 2.67. The lowest BCUT2D eigenvalue weighted by atomic mass is 10.0. The molecule has 3 heterocycles. The number of nitrogens with zero attached hydrogens (tertiary/aromatic N) is 3. The van der Waals surface area contributed by atoms with Crippen molar-refractivity contribution in [1.82, 2.24) is 19.5 Å². The Labute approximate surface area is 325 Å². The summed E-state index contributed by atoms with van der Waals surface area (Å²) in [6.07, 6.45) is -1.56. The van der Waals surface area contributed by atoms with Gasteiger partial charge in [0.2, 0.25) is 11.9 Å². The number of amides is 1. The molecular weight excluding hydrogens is 711 g/mol. The molecule has 6 aromatic rings. The summed E-state index contributed by atoms with van der Waals surface area (Å²) in [4.78, 5) is 37.9. The number of benzene rings is 4. The first-order chi connectivity index (χ1) is 27.4. The van der Waals surface area contributed by atoms with Crippen LogP contribution in [0.15, 0.2) is 132 Å². The fourth-order valence-corrected chi connectivity index (χ4v) is 6.64. The molecule has 0 spiro atoms. The van der Waals surface area contributed by atoms with Crippen molar-refractivity contribution < 1.29 is 28.5 Å². The number of fused-ring (bicyclic) bond motifs is 1. The molecule has 0 saturated carbocycles. The highest BCUT2D eigenvalue weighted by Gasteiger charge is 2.45. The van der Waals surface area contributed by atoms with Crippen LogP contribution in [-0.4, -0.2) is 56.4 Å². The van der Waals surface area contributed by atoms with Crippen LogP contribution in [0.5, 0.6) is 0 Å². The molecular formula is C44H47N5O7. The van der Waals surface area contributed by atoms with Gasteiger partial charge in [0.1, 0.15) is 24.5 Å². The zero-order chi connectivity index (χ0) is 38.7. The topological polar surface area (TPSA) is 139 Å². The predicted molar refractivity (Wildman–Crippen MR) is 211 cm³/mol. The number of carbonyl (C=O) groups is 1. The Hall–Kier alpha value is -5.50. The summed E-state index contributed by atoms with van der Waals surface area (Å²) in [6.45, 7) is 4.90. The molecule has 0 aliphatic carbocycles. The second-order valence-electron chi connectivity index (χ2n) is 14.1. The Morgan fingerprint density at radius 1 is 0.768 bits per heavy atom. The van der Waals surface area contributed by atoms with Crippen LogP contribution in [0, 0.1) is 5.92 Å². The lowest BCUT2D eigenvalue weighted by Gasteiger charge is -2.34. The van der Waals surface area contributed by atoms with Gasteiger partial charge >= 0.3 is 0 Å². The maximum Gasteiger partial charge on any atom is 0.278 e. The Bertz CT molecular complexity index is 2180. The molecule has 0 bridgehead atoms. The molecule has 56 heavy (non-hydrogen) atoms. The lowest BCUT2D eigenvalue weighted by Crippen LogP contribution is -2.48. The summed E-state index contributed by atoms with van der Waals surface area (Å²) in [7, 11) is 0. The Morgan fingerprint density at radius 3 is 1.84 bits per heavy atom. The monoisotopic (exact) mass is 757 g/mol. The van der Waals surface area contributed by atoms with Gasteiger partial charge in [-0.05, 0) is 22.3 Å². The van der Waals surface area contributed by atoms with E-state index in [9.17, 15) is 9.59 Å². The molecule has 5 atom stereocenters. The number of ether oxygens (including phenoxy) is 5. The molecule has 1 unspecified atom stereocenters. The standard InChI is InChI=1S/C44H47N5O7/c1-30(2)42(50)47-44-46-41-38(43(51)48-44)49(29-45-41)37-23-35(53-25-32-17-9-4-10-18-32)39(54-26-33-19-11-5-12-20-33)40(55-27-34-21-13-6-14-22-34)36(56-37)28-52-24-31-15-7-3-8-16-31/h3-22,29-30,35-37,39-40H,23-28H2,1-2H3,(H2,46,47,48,50,51)/t35-,36+,37?,39+,40-/m0/s1. The van der Waals surface area contributed by atoms with Crippen LogP contribution in [0.3, 0.4) is 0 Å². The van der Waals surface area contributed by atoms with E-state index in [1.807, 2.05) is 121 Å². The summed E-state index contributed by atoms with van der Waals surface area (Å²) in [6, 6.07) is 39.8. The van der Waals surface area contributed by atoms with Crippen molar-refractivity contribution in [2.75, 3.05) is 11.9 Å². The van der Waals surface area contributed by atoms with Crippen molar-refractivity contribution in [2.24, 2.45) is 5.92 Å². The minimum Gasteiger partial charge on any atom is -0.374 e. The number of anilines is 1. The van der Waals surface area contributed by atoms with Gasteiger partial charge in [-0.15, -0.1) is 0 Å². The molecule has 2 N–H and O–H groups in total. The molecule has 12 heteroatoms. The maximum atomic E-state index is 13.7. The minimum atomic E-state index is -0.779. The van der Waals surface area contributed by atoms with Crippen LogP contribution in [0.4, 0.5) is 5.95 Å². The third-order valence-electron chi connectivity index (χ3n) is 9.61. The lowest BCUT2D eigenvalue weighted by molar-refractivity contribution is -0.184. The molecule has 1 aliphatic rings. The third kappa shape index (κ3) is 10.0. The van der Waals surface area contributed by atoms with E-state index in [4.69, 9.17) is 23.7 Å². The van der Waals surface area contributed by atoms with Crippen LogP contribution in [0.2, 0.25) is 0 Å². The SMILES string of the molecule is CC(C)C(=O)Nc1nc2ncn(C3C[C@H](OCc4ccccc4)[C@@H](OCc4ccccc4)[C@@H](OCc4ccccc4)[C@@H](COCc4ccccc4)O3)c2c(=O)[nH]1. The number of rotatable bonds is 16. The number of hydrogen-bond donors (Lipinski definition) is 2. The van der Waals surface area contributed by atoms with Crippen molar-refractivity contribution in [2.45, 2.75) is 77.3 Å². The van der Waals surface area contributed by atoms with E-state index >= 15 is 0 Å². The summed E-state index contributed by atoms with van der Waals surface area (Å²) in [5.74, 6) is -0.567. The van der Waals surface area contributed by atoms with Crippen molar-refractivity contribution in [3.63, 3.8) is 0 Å². The smallest absolute Gasteiger partial charge is 0.278 e. The van der Waals surface area contributed by atoms with Gasteiger partial charge in [0.05, 0.1) is 45.5 Å². The number of aromatic amines is 1. The van der Waals surface area contributed by atoms with Gasteiger partial charge < -0.3 is 23.7 Å². The first-order valence-corrected chi connectivity index (χ1v) is 18.9. The quantitative estimate of drug-likeness (QED) is 0.107. The van der Waals surface area contributed by atoms with Crippen molar-refractivity contribution in [3.8, 4) is 0 Å². The van der Waals surface area contributed by atoms with Crippen LogP contribution < -0.4 is 10.9 Å². The van der Waals surface area contributed by atoms with Gasteiger partial charge in [0.15, 0.2) is 11.2 Å². The molecule has 1 fully saturated rings. The molecule has 1 saturated heterocycles. The first-order valence-electron chi connectivity index (χ1n) is 18.9. The average molecular weight is 758 g/mol. The summed E-state index contributed by atoms with van der Waals surface area (Å²) in [5.41, 5.74) is 3.85. The highest BCUT2D eigenvalue weighted by molar-refractivity contribution is 5.91. The molecule has 2 aromatic heterocycles. The van der Waals surface area contributed by atoms with E-state index in [-0.39, 0.29) is 48.6 Å². The summed E-state index contributed by atoms with van der Waals surface area (Å²) < 4.78 is 35.6. The van der Waals surface area contributed by atoms with Crippen LogP contribution in [-0.2, 0) is 54.9 Å². The van der Waals surface area contributed by atoms with Gasteiger partial charge in [0, 0.05) is 12.3 Å². The van der Waals surface area contributed by atoms with Gasteiger partial charge in [-0.3, -0.25) is 24.5 Å². The van der Waals surface area contributed by atoms with Crippen molar-refractivity contribution in [1.29, 1.82) is 0 Å². The summed E-state index contributed by atoms with van der Waals surface area (Å²) >= 11 is 0. The third-order valence-corrected chi connectivity index (χ3v) is 9.61. The van der Waals surface area contributed by atoms with E-state index in [0.29, 0.717) is 19.8 Å². The fourth-order valence-electron chi connectivity index (χ4n) is 6.64. The van der Waals surface area contributed by atoms with Crippen LogP contribution in [0.1, 0.15) is 48.8 Å². The van der Waals surface area contributed by atoms with Gasteiger partial charge in [0.25, 0.3) is 5.56 Å². The molecule has 0 radical (unpaired) electrons. The van der Waals surface area contributed by atoms with Gasteiger partial charge in [-0.25, -0.2) is 4.98 Å². The van der Waals surface area contributed by atoms with Crippen molar-refractivity contribution >= 4 is 23.0 Å². The number of aromatic nitrogens is 4. The normalized spacial score (nSPS) is 19.9. The molecule has 12 nitrogen and oxygen atoms in total. The minimum absolute atomic E-state index is 0.0215. The second kappa shape index (κ2) is 18.9. The first kappa shape index (κ1) is 38.8. The van der Waals surface area contributed by atoms with Crippen LogP contribution in [0.25, 0.3) is 11.2 Å². The van der Waals surface area contributed by atoms with E-state index in [1.54, 1.807) is 18.4 Å². The zero-order valence-electron chi connectivity index (χ0n) is 31.5. The van der Waals surface area contributed by atoms with E-state index in [0.717, 1.165) is 22.3 Å². The molecule has 4 aromatic carbocycles. The molecule has 1 amide bonds. The van der Waals surface area contributed by atoms with E-state index in [1.165, 1.54) is 6.33 Å². The zero-order valence-corrected chi connectivity index (χ0v) is 31.5. The van der Waals surface area contributed by atoms with E-state index in [2.05, 4.69) is 20.3 Å². The molecule has 290 valence electrons. The number of hydrogen-bond acceptors (Lipinski definition) is 9. The Balaban J connectivity index is 1.28. The average Bonchev–Trinajstić information content (AvgIpc) is 3.60. The molecule has 1 aliphatic heterocycles. The second-order valence-corrected chi connectivity index (χ2v) is 14.1. The van der Waals surface area contributed by atoms with Crippen molar-refractivity contribution in [3.05, 3.63) is 160 Å². The highest BCUT2D eigenvalue weighted by atomic mass is 16.6. The fraction of sp³-hybridized carbons (Fsp3) is 0.318.